The zero-order chi connectivity index (χ0) is 25.0. The molecule has 1 aliphatic carbocycles. The van der Waals surface area contributed by atoms with E-state index in [9.17, 15) is 9.90 Å². The van der Waals surface area contributed by atoms with Gasteiger partial charge in [-0.2, -0.15) is 0 Å². The summed E-state index contributed by atoms with van der Waals surface area (Å²) >= 11 is 0. The number of hydrogen-bond donors (Lipinski definition) is 1. The first kappa shape index (κ1) is 23.8. The van der Waals surface area contributed by atoms with Crippen molar-refractivity contribution in [1.29, 1.82) is 0 Å². The van der Waals surface area contributed by atoms with E-state index >= 15 is 0 Å². The summed E-state index contributed by atoms with van der Waals surface area (Å²) in [4.78, 5) is 25.8. The molecule has 3 aromatic carbocycles. The molecule has 1 N–H and O–H groups in total. The van der Waals surface area contributed by atoms with Crippen LogP contribution < -0.4 is 4.89 Å². The van der Waals surface area contributed by atoms with Crippen molar-refractivity contribution >= 4 is 5.97 Å². The molecule has 0 aliphatic heterocycles. The minimum atomic E-state index is -1.21. The first-order chi connectivity index (χ1) is 17.5. The van der Waals surface area contributed by atoms with Crippen LogP contribution in [0.4, 0.5) is 0 Å². The molecule has 0 bridgehead atoms. The molecule has 5 rings (SSSR count). The van der Waals surface area contributed by atoms with Crippen LogP contribution in [0.25, 0.3) is 22.6 Å². The van der Waals surface area contributed by atoms with E-state index in [1.54, 1.807) is 6.07 Å². The molecule has 1 fully saturated rings. The third kappa shape index (κ3) is 5.04. The Morgan fingerprint density at radius 2 is 1.72 bits per heavy atom. The minimum absolute atomic E-state index is 0.0962. The SMILES string of the molecule is CC(=O)OOc1cccc(C[C@H]2CCCC[C@]2(O)c2nc(-c3ccccc3)c(-c3ccccc3)o2)c1. The molecule has 2 atom stereocenters. The Hall–Kier alpha value is -3.90. The summed E-state index contributed by atoms with van der Waals surface area (Å²) < 4.78 is 6.41. The largest absolute Gasteiger partial charge is 0.437 e. The summed E-state index contributed by atoms with van der Waals surface area (Å²) in [5, 5.41) is 12.1. The highest BCUT2D eigenvalue weighted by Crippen LogP contribution is 2.46. The second kappa shape index (κ2) is 10.4. The average molecular weight is 484 g/mol. The van der Waals surface area contributed by atoms with Crippen molar-refractivity contribution in [1.82, 2.24) is 4.98 Å². The van der Waals surface area contributed by atoms with Crippen LogP contribution in [0, 0.1) is 5.92 Å². The van der Waals surface area contributed by atoms with Gasteiger partial charge < -0.3 is 9.52 Å². The van der Waals surface area contributed by atoms with Gasteiger partial charge in [0.15, 0.2) is 11.5 Å². The van der Waals surface area contributed by atoms with Crippen molar-refractivity contribution in [3.05, 3.63) is 96.4 Å². The second-order valence-corrected chi connectivity index (χ2v) is 9.31. The molecule has 184 valence electrons. The fourth-order valence-corrected chi connectivity index (χ4v) is 4.98. The van der Waals surface area contributed by atoms with E-state index in [-0.39, 0.29) is 5.92 Å². The lowest BCUT2D eigenvalue weighted by Crippen LogP contribution is -2.39. The first-order valence-corrected chi connectivity index (χ1v) is 12.3. The van der Waals surface area contributed by atoms with Gasteiger partial charge in [-0.25, -0.2) is 9.78 Å². The van der Waals surface area contributed by atoms with Gasteiger partial charge in [0.2, 0.25) is 5.89 Å². The molecule has 1 saturated carbocycles. The van der Waals surface area contributed by atoms with Crippen LogP contribution in [0.15, 0.2) is 89.3 Å². The van der Waals surface area contributed by atoms with E-state index in [4.69, 9.17) is 14.3 Å². The molecule has 0 spiro atoms. The van der Waals surface area contributed by atoms with Gasteiger partial charge in [-0.1, -0.05) is 85.6 Å². The average Bonchev–Trinajstić information content (AvgIpc) is 3.37. The van der Waals surface area contributed by atoms with Crippen LogP contribution >= 0.6 is 0 Å². The highest BCUT2D eigenvalue weighted by Gasteiger charge is 2.45. The second-order valence-electron chi connectivity index (χ2n) is 9.31. The van der Waals surface area contributed by atoms with Gasteiger partial charge in [0.05, 0.1) is 0 Å². The molecule has 6 heteroatoms. The maximum atomic E-state index is 12.1. The lowest BCUT2D eigenvalue weighted by atomic mass is 9.72. The lowest BCUT2D eigenvalue weighted by molar-refractivity contribution is -0.210. The molecule has 0 saturated heterocycles. The third-order valence-electron chi connectivity index (χ3n) is 6.75. The molecule has 6 nitrogen and oxygen atoms in total. The van der Waals surface area contributed by atoms with Crippen LogP contribution in [-0.2, 0) is 21.7 Å². The van der Waals surface area contributed by atoms with E-state index in [0.29, 0.717) is 30.2 Å². The molecule has 0 unspecified atom stereocenters. The Kier molecular flexibility index (Phi) is 6.87. The summed E-state index contributed by atoms with van der Waals surface area (Å²) in [6.45, 7) is 1.29. The third-order valence-corrected chi connectivity index (χ3v) is 6.75. The molecule has 1 aromatic heterocycles. The number of carbonyl (C=O) groups excluding carboxylic acids is 1. The van der Waals surface area contributed by atoms with E-state index in [2.05, 4.69) is 4.89 Å². The van der Waals surface area contributed by atoms with E-state index in [1.807, 2.05) is 78.9 Å². The van der Waals surface area contributed by atoms with E-state index < -0.39 is 11.6 Å². The van der Waals surface area contributed by atoms with Crippen molar-refractivity contribution in [2.75, 3.05) is 0 Å². The Labute approximate surface area is 210 Å². The standard InChI is InChI=1S/C30H29NO5/c1-21(32)35-36-26-17-10-11-22(20-26)19-25-16-8-9-18-30(25,33)29-31-27(23-12-4-2-5-13-23)28(34-29)24-14-6-3-7-15-24/h2-7,10-15,17,20,25,33H,8-9,16,18-19H2,1H3/t25-,30-/m1/s1. The number of carbonyl (C=O) groups is 1. The zero-order valence-corrected chi connectivity index (χ0v) is 20.2. The molecule has 0 amide bonds. The Morgan fingerprint density at radius 3 is 2.44 bits per heavy atom. The van der Waals surface area contributed by atoms with Gasteiger partial charge in [-0.05, 0) is 37.0 Å². The zero-order valence-electron chi connectivity index (χ0n) is 20.2. The number of oxazole rings is 1. The van der Waals surface area contributed by atoms with Gasteiger partial charge in [0.1, 0.15) is 11.3 Å². The van der Waals surface area contributed by atoms with Crippen molar-refractivity contribution in [3.8, 4) is 28.3 Å². The number of hydrogen-bond acceptors (Lipinski definition) is 6. The Balaban J connectivity index is 1.50. The Morgan fingerprint density at radius 1 is 1.00 bits per heavy atom. The normalized spacial score (nSPS) is 19.6. The molecule has 4 aromatic rings. The molecule has 0 radical (unpaired) electrons. The number of rotatable bonds is 7. The summed E-state index contributed by atoms with van der Waals surface area (Å²) in [6.07, 6.45) is 3.94. The number of aromatic nitrogens is 1. The quantitative estimate of drug-likeness (QED) is 0.239. The monoisotopic (exact) mass is 483 g/mol. The molecule has 36 heavy (non-hydrogen) atoms. The topological polar surface area (TPSA) is 81.8 Å². The maximum Gasteiger partial charge on any atom is 0.352 e. The van der Waals surface area contributed by atoms with Crippen molar-refractivity contribution in [2.24, 2.45) is 5.92 Å². The summed E-state index contributed by atoms with van der Waals surface area (Å²) in [5.41, 5.74) is 2.36. The predicted octanol–water partition coefficient (Wildman–Crippen LogP) is 6.49. The van der Waals surface area contributed by atoms with Crippen LogP contribution in [0.2, 0.25) is 0 Å². The van der Waals surface area contributed by atoms with Gasteiger partial charge in [0.25, 0.3) is 0 Å². The van der Waals surface area contributed by atoms with Crippen LogP contribution in [0.3, 0.4) is 0 Å². The predicted molar refractivity (Wildman–Crippen MR) is 136 cm³/mol. The van der Waals surface area contributed by atoms with Gasteiger partial charge in [-0.15, -0.1) is 0 Å². The highest BCUT2D eigenvalue weighted by molar-refractivity contribution is 5.76. The summed E-state index contributed by atoms with van der Waals surface area (Å²) in [6, 6.07) is 27.2. The molecular formula is C30H29NO5. The summed E-state index contributed by atoms with van der Waals surface area (Å²) in [7, 11) is 0. The minimum Gasteiger partial charge on any atom is -0.437 e. The molecule has 1 aliphatic rings. The van der Waals surface area contributed by atoms with Gasteiger partial charge >= 0.3 is 5.97 Å². The van der Waals surface area contributed by atoms with Crippen LogP contribution in [0.5, 0.6) is 5.75 Å². The van der Waals surface area contributed by atoms with Gasteiger partial charge in [-0.3, -0.25) is 9.78 Å². The molecule has 1 heterocycles. The fourth-order valence-electron chi connectivity index (χ4n) is 4.98. The van der Waals surface area contributed by atoms with E-state index in [0.717, 1.165) is 41.6 Å². The number of aliphatic hydroxyl groups is 1. The maximum absolute atomic E-state index is 12.1. The van der Waals surface area contributed by atoms with Crippen LogP contribution in [0.1, 0.15) is 44.1 Å². The fraction of sp³-hybridized carbons (Fsp3) is 0.267. The Bertz CT molecular complexity index is 1260. The van der Waals surface area contributed by atoms with Crippen molar-refractivity contribution in [2.45, 2.75) is 44.6 Å². The van der Waals surface area contributed by atoms with E-state index in [1.165, 1.54) is 6.92 Å². The highest BCUT2D eigenvalue weighted by atomic mass is 17.2. The number of benzene rings is 3. The smallest absolute Gasteiger partial charge is 0.352 e. The summed E-state index contributed by atoms with van der Waals surface area (Å²) in [5.74, 6) is 0.843. The van der Waals surface area contributed by atoms with Crippen molar-refractivity contribution in [3.63, 3.8) is 0 Å². The van der Waals surface area contributed by atoms with Crippen molar-refractivity contribution < 1.29 is 24.1 Å². The van der Waals surface area contributed by atoms with Gasteiger partial charge in [0, 0.05) is 24.0 Å². The number of nitrogens with zero attached hydrogens (tertiary/aromatic N) is 1. The van der Waals surface area contributed by atoms with Crippen LogP contribution in [-0.4, -0.2) is 16.1 Å². The molecular weight excluding hydrogens is 454 g/mol. The first-order valence-electron chi connectivity index (χ1n) is 12.3. The lowest BCUT2D eigenvalue weighted by Gasteiger charge is -2.37.